The smallest absolute Gasteiger partial charge is 0.255 e. The SMILES string of the molecule is CCCNc1ccncc1C(=O)NC(C)c1ccccc1. The van der Waals surface area contributed by atoms with Crippen LogP contribution >= 0.6 is 0 Å². The Morgan fingerprint density at radius 1 is 1.24 bits per heavy atom. The molecule has 0 aliphatic carbocycles. The molecule has 0 spiro atoms. The highest BCUT2D eigenvalue weighted by atomic mass is 16.1. The minimum absolute atomic E-state index is 0.0436. The van der Waals surface area contributed by atoms with Gasteiger partial charge in [-0.25, -0.2) is 0 Å². The third-order valence-corrected chi connectivity index (χ3v) is 3.28. The molecule has 0 aliphatic heterocycles. The molecule has 1 heterocycles. The van der Waals surface area contributed by atoms with Gasteiger partial charge in [0, 0.05) is 18.9 Å². The average molecular weight is 283 g/mol. The first-order valence-electron chi connectivity index (χ1n) is 7.26. The summed E-state index contributed by atoms with van der Waals surface area (Å²) in [7, 11) is 0. The van der Waals surface area contributed by atoms with Crippen molar-refractivity contribution in [2.75, 3.05) is 11.9 Å². The number of hydrogen-bond acceptors (Lipinski definition) is 3. The number of benzene rings is 1. The lowest BCUT2D eigenvalue weighted by atomic mass is 10.1. The molecule has 1 aromatic carbocycles. The van der Waals surface area contributed by atoms with Crippen molar-refractivity contribution in [3.8, 4) is 0 Å². The fourth-order valence-electron chi connectivity index (χ4n) is 2.09. The van der Waals surface area contributed by atoms with Crippen LogP contribution in [0.25, 0.3) is 0 Å². The molecule has 1 unspecified atom stereocenters. The van der Waals surface area contributed by atoms with Gasteiger partial charge in [0.2, 0.25) is 0 Å². The average Bonchev–Trinajstić information content (AvgIpc) is 2.54. The second-order valence-electron chi connectivity index (χ2n) is 4.95. The Labute approximate surface area is 125 Å². The van der Waals surface area contributed by atoms with E-state index in [0.717, 1.165) is 24.2 Å². The van der Waals surface area contributed by atoms with Crippen molar-refractivity contribution in [2.45, 2.75) is 26.3 Å². The zero-order valence-electron chi connectivity index (χ0n) is 12.5. The van der Waals surface area contributed by atoms with Gasteiger partial charge in [-0.15, -0.1) is 0 Å². The van der Waals surface area contributed by atoms with Crippen LogP contribution < -0.4 is 10.6 Å². The number of nitrogens with one attached hydrogen (secondary N) is 2. The summed E-state index contributed by atoms with van der Waals surface area (Å²) in [6, 6.07) is 11.7. The minimum atomic E-state index is -0.113. The van der Waals surface area contributed by atoms with E-state index in [1.165, 1.54) is 0 Å². The van der Waals surface area contributed by atoms with E-state index in [1.54, 1.807) is 12.4 Å². The van der Waals surface area contributed by atoms with Gasteiger partial charge in [0.1, 0.15) is 0 Å². The number of pyridine rings is 1. The van der Waals surface area contributed by atoms with Crippen LogP contribution in [0, 0.1) is 0 Å². The summed E-state index contributed by atoms with van der Waals surface area (Å²) in [4.78, 5) is 16.5. The quantitative estimate of drug-likeness (QED) is 0.854. The lowest BCUT2D eigenvalue weighted by molar-refractivity contribution is 0.0940. The highest BCUT2D eigenvalue weighted by Crippen LogP contribution is 2.16. The topological polar surface area (TPSA) is 54.0 Å². The van der Waals surface area contributed by atoms with Crippen molar-refractivity contribution < 1.29 is 4.79 Å². The molecule has 110 valence electrons. The molecule has 1 aromatic heterocycles. The molecule has 2 N–H and O–H groups in total. The van der Waals surface area contributed by atoms with Gasteiger partial charge in [-0.3, -0.25) is 9.78 Å². The molecule has 4 nitrogen and oxygen atoms in total. The molecule has 0 aliphatic rings. The molecule has 1 atom stereocenters. The number of rotatable bonds is 6. The Kier molecular flexibility index (Phi) is 5.32. The third-order valence-electron chi connectivity index (χ3n) is 3.28. The summed E-state index contributed by atoms with van der Waals surface area (Å²) >= 11 is 0. The van der Waals surface area contributed by atoms with Crippen LogP contribution in [0.1, 0.15) is 42.2 Å². The van der Waals surface area contributed by atoms with Crippen molar-refractivity contribution in [1.29, 1.82) is 0 Å². The zero-order chi connectivity index (χ0) is 15.1. The summed E-state index contributed by atoms with van der Waals surface area (Å²) in [5.74, 6) is -0.113. The Morgan fingerprint density at radius 3 is 2.71 bits per heavy atom. The summed E-state index contributed by atoms with van der Waals surface area (Å²) in [5, 5.41) is 6.27. The molecule has 1 amide bonds. The minimum Gasteiger partial charge on any atom is -0.384 e. The van der Waals surface area contributed by atoms with Gasteiger partial charge in [0.25, 0.3) is 5.91 Å². The maximum absolute atomic E-state index is 12.4. The molecule has 0 saturated carbocycles. The number of carbonyl (C=O) groups excluding carboxylic acids is 1. The Hall–Kier alpha value is -2.36. The van der Waals surface area contributed by atoms with E-state index in [9.17, 15) is 4.79 Å². The van der Waals surface area contributed by atoms with E-state index in [2.05, 4.69) is 22.5 Å². The normalized spacial score (nSPS) is 11.7. The molecule has 2 aromatic rings. The molecule has 4 heteroatoms. The van der Waals surface area contributed by atoms with Gasteiger partial charge in [0.15, 0.2) is 0 Å². The van der Waals surface area contributed by atoms with Crippen molar-refractivity contribution in [3.63, 3.8) is 0 Å². The summed E-state index contributed by atoms with van der Waals surface area (Å²) in [5.41, 5.74) is 2.48. The van der Waals surface area contributed by atoms with Crippen molar-refractivity contribution in [2.24, 2.45) is 0 Å². The van der Waals surface area contributed by atoms with Gasteiger partial charge >= 0.3 is 0 Å². The number of carbonyl (C=O) groups is 1. The molecular formula is C17H21N3O. The van der Waals surface area contributed by atoms with Crippen LogP contribution in [-0.2, 0) is 0 Å². The molecular weight excluding hydrogens is 262 g/mol. The first-order valence-corrected chi connectivity index (χ1v) is 7.26. The second kappa shape index (κ2) is 7.43. The van der Waals surface area contributed by atoms with Crippen LogP contribution in [0.3, 0.4) is 0 Å². The summed E-state index contributed by atoms with van der Waals surface area (Å²) in [6.07, 6.45) is 4.30. The van der Waals surface area contributed by atoms with Crippen molar-refractivity contribution >= 4 is 11.6 Å². The van der Waals surface area contributed by atoms with E-state index in [-0.39, 0.29) is 11.9 Å². The van der Waals surface area contributed by atoms with Crippen LogP contribution in [0.5, 0.6) is 0 Å². The number of hydrogen-bond donors (Lipinski definition) is 2. The summed E-state index contributed by atoms with van der Waals surface area (Å²) in [6.45, 7) is 4.90. The first-order chi connectivity index (χ1) is 10.2. The molecule has 0 bridgehead atoms. The van der Waals surface area contributed by atoms with Crippen molar-refractivity contribution in [1.82, 2.24) is 10.3 Å². The van der Waals surface area contributed by atoms with Crippen LogP contribution in [-0.4, -0.2) is 17.4 Å². The maximum atomic E-state index is 12.4. The van der Waals surface area contributed by atoms with E-state index < -0.39 is 0 Å². The highest BCUT2D eigenvalue weighted by Gasteiger charge is 2.14. The third kappa shape index (κ3) is 4.05. The van der Waals surface area contributed by atoms with Crippen LogP contribution in [0.4, 0.5) is 5.69 Å². The Balaban J connectivity index is 2.10. The predicted molar refractivity (Wildman–Crippen MR) is 85.3 cm³/mol. The standard InChI is InChI=1S/C17H21N3O/c1-3-10-19-16-9-11-18-12-15(16)17(21)20-13(2)14-7-5-4-6-8-14/h4-9,11-13H,3,10H2,1-2H3,(H,18,19)(H,20,21). The van der Waals surface area contributed by atoms with Crippen LogP contribution in [0.15, 0.2) is 48.8 Å². The van der Waals surface area contributed by atoms with Gasteiger partial charge in [-0.05, 0) is 25.0 Å². The first kappa shape index (κ1) is 15.0. The van der Waals surface area contributed by atoms with E-state index in [4.69, 9.17) is 0 Å². The monoisotopic (exact) mass is 283 g/mol. The highest BCUT2D eigenvalue weighted by molar-refractivity contribution is 5.99. The zero-order valence-corrected chi connectivity index (χ0v) is 12.5. The van der Waals surface area contributed by atoms with Crippen LogP contribution in [0.2, 0.25) is 0 Å². The number of amides is 1. The Morgan fingerprint density at radius 2 is 2.00 bits per heavy atom. The lowest BCUT2D eigenvalue weighted by Gasteiger charge is -2.16. The molecule has 0 radical (unpaired) electrons. The van der Waals surface area contributed by atoms with Crippen molar-refractivity contribution in [3.05, 3.63) is 59.9 Å². The number of aromatic nitrogens is 1. The van der Waals surface area contributed by atoms with Gasteiger partial charge < -0.3 is 10.6 Å². The van der Waals surface area contributed by atoms with E-state index in [1.807, 2.05) is 43.3 Å². The fourth-order valence-corrected chi connectivity index (χ4v) is 2.09. The largest absolute Gasteiger partial charge is 0.384 e. The lowest BCUT2D eigenvalue weighted by Crippen LogP contribution is -2.27. The Bertz CT molecular complexity index is 584. The predicted octanol–water partition coefficient (Wildman–Crippen LogP) is 3.39. The van der Waals surface area contributed by atoms with E-state index >= 15 is 0 Å². The maximum Gasteiger partial charge on any atom is 0.255 e. The number of nitrogens with zero attached hydrogens (tertiary/aromatic N) is 1. The van der Waals surface area contributed by atoms with E-state index in [0.29, 0.717) is 5.56 Å². The second-order valence-corrected chi connectivity index (χ2v) is 4.95. The van der Waals surface area contributed by atoms with Gasteiger partial charge in [-0.1, -0.05) is 37.3 Å². The summed E-state index contributed by atoms with van der Waals surface area (Å²) < 4.78 is 0. The molecule has 0 saturated heterocycles. The fraction of sp³-hybridized carbons (Fsp3) is 0.294. The molecule has 2 rings (SSSR count). The number of anilines is 1. The molecule has 21 heavy (non-hydrogen) atoms. The van der Waals surface area contributed by atoms with Gasteiger partial charge in [-0.2, -0.15) is 0 Å². The van der Waals surface area contributed by atoms with Gasteiger partial charge in [0.05, 0.1) is 17.3 Å². The molecule has 0 fully saturated rings.